The fraction of sp³-hybridized carbons (Fsp3) is 0.333. The summed E-state index contributed by atoms with van der Waals surface area (Å²) in [6.45, 7) is 6.82. The van der Waals surface area contributed by atoms with Gasteiger partial charge in [0.05, 0.1) is 0 Å². The van der Waals surface area contributed by atoms with Crippen molar-refractivity contribution in [2.24, 2.45) is 0 Å². The number of aryl methyl sites for hydroxylation is 2. The molecule has 0 aliphatic carbocycles. The first-order valence-electron chi connectivity index (χ1n) is 8.06. The smallest absolute Gasteiger partial charge is 0.246 e. The van der Waals surface area contributed by atoms with E-state index >= 15 is 0 Å². The first-order chi connectivity index (χ1) is 11.6. The highest BCUT2D eigenvalue weighted by atomic mass is 16.2. The molecule has 0 atom stereocenters. The molecule has 0 radical (unpaired) electrons. The second-order valence-electron chi connectivity index (χ2n) is 5.85. The number of anilines is 1. The molecule has 1 aliphatic rings. The van der Waals surface area contributed by atoms with Crippen LogP contribution in [0.4, 0.5) is 5.82 Å². The van der Waals surface area contributed by atoms with Gasteiger partial charge in [-0.05, 0) is 31.6 Å². The lowest BCUT2D eigenvalue weighted by Crippen LogP contribution is -2.48. The van der Waals surface area contributed by atoms with E-state index in [1.807, 2.05) is 36.9 Å². The molecule has 2 aromatic rings. The molecule has 3 heterocycles. The van der Waals surface area contributed by atoms with E-state index in [9.17, 15) is 4.79 Å². The summed E-state index contributed by atoms with van der Waals surface area (Å²) in [5, 5.41) is 0. The third-order valence-corrected chi connectivity index (χ3v) is 3.97. The van der Waals surface area contributed by atoms with Crippen LogP contribution in [0.3, 0.4) is 0 Å². The Kier molecular flexibility index (Phi) is 4.84. The summed E-state index contributed by atoms with van der Waals surface area (Å²) < 4.78 is 0. The number of amides is 1. The molecule has 6 heteroatoms. The van der Waals surface area contributed by atoms with E-state index in [4.69, 9.17) is 0 Å². The van der Waals surface area contributed by atoms with E-state index < -0.39 is 0 Å². The van der Waals surface area contributed by atoms with Crippen LogP contribution in [0.1, 0.15) is 17.1 Å². The zero-order chi connectivity index (χ0) is 16.9. The van der Waals surface area contributed by atoms with Gasteiger partial charge in [0.15, 0.2) is 0 Å². The van der Waals surface area contributed by atoms with E-state index in [1.165, 1.54) is 0 Å². The predicted octanol–water partition coefficient (Wildman–Crippen LogP) is 1.85. The molecule has 2 aromatic heterocycles. The Hall–Kier alpha value is -2.76. The predicted molar refractivity (Wildman–Crippen MR) is 93.6 cm³/mol. The molecule has 0 spiro atoms. The lowest BCUT2D eigenvalue weighted by Gasteiger charge is -2.35. The van der Waals surface area contributed by atoms with Gasteiger partial charge in [0.1, 0.15) is 11.6 Å². The van der Waals surface area contributed by atoms with Gasteiger partial charge >= 0.3 is 0 Å². The number of aromatic nitrogens is 3. The van der Waals surface area contributed by atoms with Crippen LogP contribution in [0.5, 0.6) is 0 Å². The Morgan fingerprint density at radius 1 is 1.17 bits per heavy atom. The van der Waals surface area contributed by atoms with Gasteiger partial charge in [0.25, 0.3) is 0 Å². The van der Waals surface area contributed by atoms with Crippen LogP contribution in [0.2, 0.25) is 0 Å². The minimum atomic E-state index is 0.0357. The maximum Gasteiger partial charge on any atom is 0.246 e. The Morgan fingerprint density at radius 2 is 1.96 bits per heavy atom. The van der Waals surface area contributed by atoms with Gasteiger partial charge in [-0.15, -0.1) is 0 Å². The number of piperazine rings is 1. The summed E-state index contributed by atoms with van der Waals surface area (Å²) in [7, 11) is 0. The summed E-state index contributed by atoms with van der Waals surface area (Å²) in [4.78, 5) is 29.2. The first-order valence-corrected chi connectivity index (χ1v) is 8.06. The number of hydrogen-bond acceptors (Lipinski definition) is 5. The second kappa shape index (κ2) is 7.21. The molecular weight excluding hydrogens is 302 g/mol. The molecule has 1 aliphatic heterocycles. The van der Waals surface area contributed by atoms with Crippen LogP contribution in [0.25, 0.3) is 6.08 Å². The van der Waals surface area contributed by atoms with Gasteiger partial charge in [-0.2, -0.15) is 0 Å². The molecule has 0 bridgehead atoms. The van der Waals surface area contributed by atoms with Gasteiger partial charge in [0, 0.05) is 56.4 Å². The molecule has 0 N–H and O–H groups in total. The monoisotopic (exact) mass is 323 g/mol. The molecule has 24 heavy (non-hydrogen) atoms. The summed E-state index contributed by atoms with van der Waals surface area (Å²) in [5.41, 5.74) is 1.90. The third-order valence-electron chi connectivity index (χ3n) is 3.97. The molecule has 124 valence electrons. The van der Waals surface area contributed by atoms with Crippen molar-refractivity contribution in [3.05, 3.63) is 53.8 Å². The highest BCUT2D eigenvalue weighted by Gasteiger charge is 2.20. The summed E-state index contributed by atoms with van der Waals surface area (Å²) in [6.07, 6.45) is 6.88. The van der Waals surface area contributed by atoms with Gasteiger partial charge in [-0.3, -0.25) is 9.78 Å². The van der Waals surface area contributed by atoms with Crippen LogP contribution in [0, 0.1) is 13.8 Å². The number of hydrogen-bond donors (Lipinski definition) is 0. The lowest BCUT2D eigenvalue weighted by atomic mass is 10.2. The summed E-state index contributed by atoms with van der Waals surface area (Å²) >= 11 is 0. The standard InChI is InChI=1S/C18H21N5O/c1-14-12-17(21-15(2)20-14)22-8-10-23(11-9-22)18(24)6-5-16-4-3-7-19-13-16/h3-7,12-13H,8-11H2,1-2H3/b6-5-. The van der Waals surface area contributed by atoms with Crippen LogP contribution >= 0.6 is 0 Å². The Labute approximate surface area is 141 Å². The van der Waals surface area contributed by atoms with Crippen LogP contribution < -0.4 is 4.90 Å². The van der Waals surface area contributed by atoms with Gasteiger partial charge < -0.3 is 9.80 Å². The average Bonchev–Trinajstić information content (AvgIpc) is 2.60. The van der Waals surface area contributed by atoms with Crippen molar-refractivity contribution < 1.29 is 4.79 Å². The highest BCUT2D eigenvalue weighted by Crippen LogP contribution is 2.15. The van der Waals surface area contributed by atoms with Crippen LogP contribution in [-0.4, -0.2) is 51.9 Å². The van der Waals surface area contributed by atoms with E-state index in [1.54, 1.807) is 24.5 Å². The Balaban J connectivity index is 1.58. The van der Waals surface area contributed by atoms with Crippen molar-refractivity contribution in [2.75, 3.05) is 31.1 Å². The van der Waals surface area contributed by atoms with Crippen LogP contribution in [-0.2, 0) is 4.79 Å². The van der Waals surface area contributed by atoms with Crippen LogP contribution in [0.15, 0.2) is 36.7 Å². The van der Waals surface area contributed by atoms with Crippen molar-refractivity contribution in [2.45, 2.75) is 13.8 Å². The quantitative estimate of drug-likeness (QED) is 0.807. The Morgan fingerprint density at radius 3 is 2.62 bits per heavy atom. The minimum absolute atomic E-state index is 0.0357. The van der Waals surface area contributed by atoms with E-state index in [2.05, 4.69) is 19.9 Å². The van der Waals surface area contributed by atoms with Crippen molar-refractivity contribution >= 4 is 17.8 Å². The average molecular weight is 323 g/mol. The van der Waals surface area contributed by atoms with Crippen molar-refractivity contribution in [1.82, 2.24) is 19.9 Å². The number of nitrogens with zero attached hydrogens (tertiary/aromatic N) is 5. The zero-order valence-corrected chi connectivity index (χ0v) is 14.0. The molecule has 0 saturated carbocycles. The summed E-state index contributed by atoms with van der Waals surface area (Å²) in [5.74, 6) is 1.76. The maximum atomic E-state index is 12.3. The molecule has 6 nitrogen and oxygen atoms in total. The molecule has 1 fully saturated rings. The lowest BCUT2D eigenvalue weighted by molar-refractivity contribution is -0.126. The first kappa shape index (κ1) is 16.1. The zero-order valence-electron chi connectivity index (χ0n) is 14.0. The molecule has 0 unspecified atom stereocenters. The van der Waals surface area contributed by atoms with E-state index in [0.717, 1.165) is 36.0 Å². The fourth-order valence-electron chi connectivity index (χ4n) is 2.76. The Bertz CT molecular complexity index is 716. The largest absolute Gasteiger partial charge is 0.353 e. The van der Waals surface area contributed by atoms with Crippen molar-refractivity contribution in [3.8, 4) is 0 Å². The van der Waals surface area contributed by atoms with E-state index in [-0.39, 0.29) is 5.91 Å². The van der Waals surface area contributed by atoms with Gasteiger partial charge in [-0.1, -0.05) is 6.07 Å². The second-order valence-corrected chi connectivity index (χ2v) is 5.85. The number of carbonyl (C=O) groups excluding carboxylic acids is 1. The molecule has 0 aromatic carbocycles. The highest BCUT2D eigenvalue weighted by molar-refractivity contribution is 5.91. The molecular formula is C18H21N5O. The minimum Gasteiger partial charge on any atom is -0.353 e. The topological polar surface area (TPSA) is 62.2 Å². The third kappa shape index (κ3) is 3.95. The van der Waals surface area contributed by atoms with Gasteiger partial charge in [-0.25, -0.2) is 9.97 Å². The van der Waals surface area contributed by atoms with Gasteiger partial charge in [0.2, 0.25) is 5.91 Å². The number of pyridine rings is 1. The van der Waals surface area contributed by atoms with Crippen molar-refractivity contribution in [1.29, 1.82) is 0 Å². The molecule has 1 amide bonds. The summed E-state index contributed by atoms with van der Waals surface area (Å²) in [6, 6.07) is 5.77. The molecule has 3 rings (SSSR count). The molecule has 1 saturated heterocycles. The normalized spacial score (nSPS) is 15.1. The van der Waals surface area contributed by atoms with Crippen molar-refractivity contribution in [3.63, 3.8) is 0 Å². The maximum absolute atomic E-state index is 12.3. The SMILES string of the molecule is Cc1cc(N2CCN(C(=O)/C=C\c3cccnc3)CC2)nc(C)n1. The number of rotatable bonds is 3. The fourth-order valence-corrected chi connectivity index (χ4v) is 2.76. The number of carbonyl (C=O) groups is 1. The van der Waals surface area contributed by atoms with E-state index in [0.29, 0.717) is 13.1 Å².